The highest BCUT2D eigenvalue weighted by Crippen LogP contribution is 2.35. The van der Waals surface area contributed by atoms with Gasteiger partial charge in [-0.3, -0.25) is 4.79 Å². The highest BCUT2D eigenvalue weighted by molar-refractivity contribution is 7.80. The number of nitrogens with zero attached hydrogens (tertiary/aromatic N) is 1. The predicted molar refractivity (Wildman–Crippen MR) is 55.9 cm³/mol. The van der Waals surface area contributed by atoms with Crippen LogP contribution in [0.1, 0.15) is 32.1 Å². The standard InChI is InChI=1S/C10H17NOS/c12-10(5-6-13)11(9-3-4-9)7-8-1-2-8/h8-9,13H,1-7H2. The van der Waals surface area contributed by atoms with Crippen molar-refractivity contribution in [3.05, 3.63) is 0 Å². The maximum atomic E-state index is 11.7. The third-order valence-electron chi connectivity index (χ3n) is 2.79. The highest BCUT2D eigenvalue weighted by atomic mass is 32.1. The lowest BCUT2D eigenvalue weighted by Crippen LogP contribution is -2.34. The average Bonchev–Trinajstić information content (AvgIpc) is 2.95. The van der Waals surface area contributed by atoms with Crippen LogP contribution in [0, 0.1) is 5.92 Å². The summed E-state index contributed by atoms with van der Waals surface area (Å²) in [4.78, 5) is 13.8. The molecule has 74 valence electrons. The summed E-state index contributed by atoms with van der Waals surface area (Å²) in [6, 6.07) is 0.591. The summed E-state index contributed by atoms with van der Waals surface area (Å²) in [5.74, 6) is 1.83. The van der Waals surface area contributed by atoms with E-state index in [1.165, 1.54) is 25.7 Å². The van der Waals surface area contributed by atoms with Crippen molar-refractivity contribution in [2.24, 2.45) is 5.92 Å². The summed E-state index contributed by atoms with van der Waals surface area (Å²) in [6.07, 6.45) is 5.73. The van der Waals surface area contributed by atoms with Crippen molar-refractivity contribution in [2.75, 3.05) is 12.3 Å². The molecule has 0 saturated heterocycles. The summed E-state index contributed by atoms with van der Waals surface area (Å²) in [7, 11) is 0. The first-order chi connectivity index (χ1) is 6.31. The van der Waals surface area contributed by atoms with Crippen molar-refractivity contribution in [1.82, 2.24) is 4.90 Å². The molecule has 0 heterocycles. The lowest BCUT2D eigenvalue weighted by atomic mass is 10.3. The van der Waals surface area contributed by atoms with Gasteiger partial charge in [-0.25, -0.2) is 0 Å². The van der Waals surface area contributed by atoms with Crippen LogP contribution >= 0.6 is 12.6 Å². The number of amides is 1. The van der Waals surface area contributed by atoms with E-state index < -0.39 is 0 Å². The summed E-state index contributed by atoms with van der Waals surface area (Å²) < 4.78 is 0. The van der Waals surface area contributed by atoms with Gasteiger partial charge in [-0.1, -0.05) is 0 Å². The molecular formula is C10H17NOS. The summed E-state index contributed by atoms with van der Waals surface area (Å²) in [5, 5.41) is 0. The van der Waals surface area contributed by atoms with E-state index in [0.29, 0.717) is 24.1 Å². The molecule has 2 aliphatic carbocycles. The number of carbonyl (C=O) groups excluding carboxylic acids is 1. The van der Waals surface area contributed by atoms with E-state index in [0.717, 1.165) is 12.5 Å². The Kier molecular flexibility index (Phi) is 2.82. The van der Waals surface area contributed by atoms with Gasteiger partial charge in [0.15, 0.2) is 0 Å². The molecule has 3 heteroatoms. The second kappa shape index (κ2) is 3.91. The van der Waals surface area contributed by atoms with Gasteiger partial charge in [0.2, 0.25) is 5.91 Å². The Morgan fingerprint density at radius 2 is 2.00 bits per heavy atom. The molecule has 0 N–H and O–H groups in total. The molecule has 13 heavy (non-hydrogen) atoms. The van der Waals surface area contributed by atoms with Crippen LogP contribution in [0.2, 0.25) is 0 Å². The molecule has 0 spiro atoms. The van der Waals surface area contributed by atoms with Crippen LogP contribution in [-0.2, 0) is 4.79 Å². The van der Waals surface area contributed by atoms with Gasteiger partial charge in [0.05, 0.1) is 0 Å². The molecule has 2 aliphatic rings. The minimum Gasteiger partial charge on any atom is -0.339 e. The first-order valence-corrected chi connectivity index (χ1v) is 5.85. The second-order valence-corrected chi connectivity index (χ2v) is 4.64. The van der Waals surface area contributed by atoms with Crippen molar-refractivity contribution in [3.63, 3.8) is 0 Å². The molecule has 2 rings (SSSR count). The Bertz CT molecular complexity index is 199. The van der Waals surface area contributed by atoms with E-state index in [4.69, 9.17) is 0 Å². The normalized spacial score (nSPS) is 21.6. The Morgan fingerprint density at radius 3 is 2.46 bits per heavy atom. The predicted octanol–water partition coefficient (Wildman–Crippen LogP) is 1.71. The Labute approximate surface area is 85.1 Å². The fourth-order valence-electron chi connectivity index (χ4n) is 1.66. The molecule has 0 atom stereocenters. The topological polar surface area (TPSA) is 20.3 Å². The van der Waals surface area contributed by atoms with Gasteiger partial charge in [0, 0.05) is 19.0 Å². The van der Waals surface area contributed by atoms with Gasteiger partial charge in [0.1, 0.15) is 0 Å². The maximum absolute atomic E-state index is 11.7. The molecule has 0 unspecified atom stereocenters. The maximum Gasteiger partial charge on any atom is 0.223 e. The lowest BCUT2D eigenvalue weighted by molar-refractivity contribution is -0.131. The van der Waals surface area contributed by atoms with E-state index >= 15 is 0 Å². The van der Waals surface area contributed by atoms with Gasteiger partial charge < -0.3 is 4.90 Å². The fraction of sp³-hybridized carbons (Fsp3) is 0.900. The number of thiol groups is 1. The molecular weight excluding hydrogens is 182 g/mol. The molecule has 0 aliphatic heterocycles. The highest BCUT2D eigenvalue weighted by Gasteiger charge is 2.35. The monoisotopic (exact) mass is 199 g/mol. The summed E-state index contributed by atoms with van der Waals surface area (Å²) >= 11 is 4.10. The SMILES string of the molecule is O=C(CCS)N(CC1CC1)C1CC1. The third-order valence-corrected chi connectivity index (χ3v) is 3.01. The first kappa shape index (κ1) is 9.38. The molecule has 2 nitrogen and oxygen atoms in total. The number of carbonyl (C=O) groups is 1. The van der Waals surface area contributed by atoms with Crippen molar-refractivity contribution < 1.29 is 4.79 Å². The van der Waals surface area contributed by atoms with Gasteiger partial charge in [-0.15, -0.1) is 0 Å². The number of hydrogen-bond acceptors (Lipinski definition) is 2. The van der Waals surface area contributed by atoms with Crippen molar-refractivity contribution in [2.45, 2.75) is 38.1 Å². The van der Waals surface area contributed by atoms with Gasteiger partial charge >= 0.3 is 0 Å². The molecule has 0 aromatic heterocycles. The van der Waals surface area contributed by atoms with E-state index in [2.05, 4.69) is 17.5 Å². The Balaban J connectivity index is 1.83. The third kappa shape index (κ3) is 2.63. The van der Waals surface area contributed by atoms with Crippen LogP contribution in [0.4, 0.5) is 0 Å². The zero-order chi connectivity index (χ0) is 9.26. The first-order valence-electron chi connectivity index (χ1n) is 5.21. The molecule has 1 amide bonds. The smallest absolute Gasteiger partial charge is 0.223 e. The summed E-state index contributed by atoms with van der Waals surface area (Å²) in [5.41, 5.74) is 0. The summed E-state index contributed by atoms with van der Waals surface area (Å²) in [6.45, 7) is 1.03. The van der Waals surface area contributed by atoms with Crippen LogP contribution in [-0.4, -0.2) is 29.1 Å². The van der Waals surface area contributed by atoms with Crippen molar-refractivity contribution in [1.29, 1.82) is 0 Å². The zero-order valence-electron chi connectivity index (χ0n) is 7.91. The van der Waals surface area contributed by atoms with Gasteiger partial charge in [-0.2, -0.15) is 12.6 Å². The van der Waals surface area contributed by atoms with Crippen LogP contribution in [0.15, 0.2) is 0 Å². The van der Waals surface area contributed by atoms with Gasteiger partial charge in [-0.05, 0) is 37.4 Å². The van der Waals surface area contributed by atoms with E-state index in [1.807, 2.05) is 0 Å². The molecule has 2 fully saturated rings. The zero-order valence-corrected chi connectivity index (χ0v) is 8.80. The Hall–Kier alpha value is -0.180. The van der Waals surface area contributed by atoms with Crippen molar-refractivity contribution >= 4 is 18.5 Å². The fourth-order valence-corrected chi connectivity index (χ4v) is 1.85. The lowest BCUT2D eigenvalue weighted by Gasteiger charge is -2.21. The molecule has 0 bridgehead atoms. The molecule has 0 aromatic rings. The molecule has 2 saturated carbocycles. The largest absolute Gasteiger partial charge is 0.339 e. The van der Waals surface area contributed by atoms with E-state index in [-0.39, 0.29) is 0 Å². The number of hydrogen-bond donors (Lipinski definition) is 1. The van der Waals surface area contributed by atoms with E-state index in [1.54, 1.807) is 0 Å². The minimum absolute atomic E-state index is 0.324. The van der Waals surface area contributed by atoms with E-state index in [9.17, 15) is 4.79 Å². The van der Waals surface area contributed by atoms with Gasteiger partial charge in [0.25, 0.3) is 0 Å². The second-order valence-electron chi connectivity index (χ2n) is 4.19. The van der Waals surface area contributed by atoms with Crippen molar-refractivity contribution in [3.8, 4) is 0 Å². The van der Waals surface area contributed by atoms with Crippen LogP contribution in [0.3, 0.4) is 0 Å². The van der Waals surface area contributed by atoms with Crippen LogP contribution in [0.5, 0.6) is 0 Å². The Morgan fingerprint density at radius 1 is 1.31 bits per heavy atom. The average molecular weight is 199 g/mol. The molecule has 0 aromatic carbocycles. The number of rotatable bonds is 5. The van der Waals surface area contributed by atoms with Crippen LogP contribution in [0.25, 0.3) is 0 Å². The molecule has 0 radical (unpaired) electrons. The minimum atomic E-state index is 0.324. The quantitative estimate of drug-likeness (QED) is 0.668. The van der Waals surface area contributed by atoms with Crippen LogP contribution < -0.4 is 0 Å².